The van der Waals surface area contributed by atoms with Gasteiger partial charge in [-0.15, -0.1) is 0 Å². The van der Waals surface area contributed by atoms with Crippen molar-refractivity contribution in [2.24, 2.45) is 0 Å². The quantitative estimate of drug-likeness (QED) is 0.527. The molecule has 0 aliphatic carbocycles. The highest BCUT2D eigenvalue weighted by atomic mass is 19.3. The van der Waals surface area contributed by atoms with Gasteiger partial charge in [-0.05, 0) is 30.3 Å². The third-order valence-electron chi connectivity index (χ3n) is 3.36. The molecule has 8 heteroatoms. The largest absolute Gasteiger partial charge is 0.493 e. The van der Waals surface area contributed by atoms with Crippen molar-refractivity contribution in [1.82, 2.24) is 0 Å². The minimum atomic E-state index is -3.09. The van der Waals surface area contributed by atoms with Crippen LogP contribution in [-0.4, -0.2) is 39.2 Å². The summed E-state index contributed by atoms with van der Waals surface area (Å²) >= 11 is 0. The predicted molar refractivity (Wildman–Crippen MR) is 87.2 cm³/mol. The van der Waals surface area contributed by atoms with Crippen LogP contribution in [0.3, 0.4) is 0 Å². The van der Waals surface area contributed by atoms with E-state index in [0.717, 1.165) is 0 Å². The summed E-state index contributed by atoms with van der Waals surface area (Å²) in [6.45, 7) is -3.66. The first-order valence-corrected chi connectivity index (χ1v) is 7.42. The fourth-order valence-corrected chi connectivity index (χ4v) is 2.14. The molecule has 0 aromatic heterocycles. The molecule has 0 saturated carbocycles. The number of hydrogen-bond acceptors (Lipinski definition) is 6. The van der Waals surface area contributed by atoms with Gasteiger partial charge in [0.15, 0.2) is 23.9 Å². The highest BCUT2D eigenvalue weighted by molar-refractivity contribution is 6.00. The lowest BCUT2D eigenvalue weighted by Gasteiger charge is -2.11. The summed E-state index contributed by atoms with van der Waals surface area (Å²) in [6.07, 6.45) is 0. The summed E-state index contributed by atoms with van der Waals surface area (Å²) in [7, 11) is 2.88. The molecule has 26 heavy (non-hydrogen) atoms. The topological polar surface area (TPSA) is 71.1 Å². The zero-order valence-electron chi connectivity index (χ0n) is 14.0. The third-order valence-corrected chi connectivity index (χ3v) is 3.36. The Labute approximate surface area is 148 Å². The van der Waals surface area contributed by atoms with E-state index < -0.39 is 25.0 Å². The number of Topliss-reactive ketones (excluding diaryl/α,β-unsaturated/α-hetero) is 1. The van der Waals surface area contributed by atoms with E-state index in [-0.39, 0.29) is 16.9 Å². The predicted octanol–water partition coefficient (Wildman–Crippen LogP) is 3.34. The molecular weight excluding hydrogens is 350 g/mol. The van der Waals surface area contributed by atoms with Crippen LogP contribution in [0.25, 0.3) is 0 Å². The number of carbonyl (C=O) groups is 2. The van der Waals surface area contributed by atoms with Crippen LogP contribution >= 0.6 is 0 Å². The number of hydrogen-bond donors (Lipinski definition) is 0. The first kappa shape index (κ1) is 19.2. The van der Waals surface area contributed by atoms with Crippen LogP contribution in [0.15, 0.2) is 42.5 Å². The van der Waals surface area contributed by atoms with Gasteiger partial charge >= 0.3 is 12.6 Å². The number of benzene rings is 2. The van der Waals surface area contributed by atoms with Gasteiger partial charge in [0.1, 0.15) is 11.3 Å². The van der Waals surface area contributed by atoms with E-state index in [4.69, 9.17) is 14.2 Å². The highest BCUT2D eigenvalue weighted by Crippen LogP contribution is 2.28. The van der Waals surface area contributed by atoms with Gasteiger partial charge in [0.2, 0.25) is 0 Å². The molecule has 2 aromatic rings. The maximum Gasteiger partial charge on any atom is 0.387 e. The van der Waals surface area contributed by atoms with Crippen molar-refractivity contribution in [3.8, 4) is 17.2 Å². The van der Waals surface area contributed by atoms with E-state index in [1.165, 1.54) is 50.6 Å². The molecule has 2 rings (SSSR count). The van der Waals surface area contributed by atoms with Crippen molar-refractivity contribution < 1.29 is 37.3 Å². The molecule has 0 unspecified atom stereocenters. The number of esters is 1. The Kier molecular flexibility index (Phi) is 6.48. The Bertz CT molecular complexity index is 791. The fourth-order valence-electron chi connectivity index (χ4n) is 2.14. The van der Waals surface area contributed by atoms with Gasteiger partial charge in [0.05, 0.1) is 14.2 Å². The number of halogens is 2. The highest BCUT2D eigenvalue weighted by Gasteiger charge is 2.18. The Morgan fingerprint density at radius 3 is 2.31 bits per heavy atom. The average Bonchev–Trinajstić information content (AvgIpc) is 2.65. The van der Waals surface area contributed by atoms with Crippen molar-refractivity contribution in [2.75, 3.05) is 20.8 Å². The summed E-state index contributed by atoms with van der Waals surface area (Å²) < 4.78 is 44.1. The second-order valence-electron chi connectivity index (χ2n) is 4.94. The standard InChI is InChI=1S/C18H16F2O6/c1-23-15-8-7-11(9-16(15)24-2)13(21)10-25-17(22)12-5-3-4-6-14(12)26-18(19)20/h3-9,18H,10H2,1-2H3. The Morgan fingerprint density at radius 1 is 0.962 bits per heavy atom. The summed E-state index contributed by atoms with van der Waals surface area (Å²) in [5, 5.41) is 0. The van der Waals surface area contributed by atoms with Crippen LogP contribution < -0.4 is 14.2 Å². The van der Waals surface area contributed by atoms with Crippen molar-refractivity contribution in [3.05, 3.63) is 53.6 Å². The zero-order valence-corrected chi connectivity index (χ0v) is 14.0. The minimum absolute atomic E-state index is 0.201. The van der Waals surface area contributed by atoms with E-state index >= 15 is 0 Å². The van der Waals surface area contributed by atoms with Crippen LogP contribution in [0.5, 0.6) is 17.2 Å². The van der Waals surface area contributed by atoms with E-state index in [2.05, 4.69) is 4.74 Å². The lowest BCUT2D eigenvalue weighted by molar-refractivity contribution is -0.0504. The third kappa shape index (κ3) is 4.69. The normalized spacial score (nSPS) is 10.3. The smallest absolute Gasteiger partial charge is 0.387 e. The van der Waals surface area contributed by atoms with E-state index in [9.17, 15) is 18.4 Å². The molecule has 0 radical (unpaired) electrons. The molecule has 0 saturated heterocycles. The number of rotatable bonds is 8. The van der Waals surface area contributed by atoms with Crippen LogP contribution in [0.2, 0.25) is 0 Å². The summed E-state index contributed by atoms with van der Waals surface area (Å²) in [4.78, 5) is 24.2. The van der Waals surface area contributed by atoms with Crippen LogP contribution in [0, 0.1) is 0 Å². The average molecular weight is 366 g/mol. The van der Waals surface area contributed by atoms with Gasteiger partial charge in [-0.2, -0.15) is 8.78 Å². The molecule has 2 aromatic carbocycles. The van der Waals surface area contributed by atoms with Gasteiger partial charge in [0, 0.05) is 5.56 Å². The number of methoxy groups -OCH3 is 2. The number of carbonyl (C=O) groups excluding carboxylic acids is 2. The number of para-hydroxylation sites is 1. The SMILES string of the molecule is COc1ccc(C(=O)COC(=O)c2ccccc2OC(F)F)cc1OC. The molecule has 0 atom stereocenters. The van der Waals surface area contributed by atoms with E-state index in [0.29, 0.717) is 11.5 Å². The van der Waals surface area contributed by atoms with Crippen molar-refractivity contribution >= 4 is 11.8 Å². The number of ketones is 1. The van der Waals surface area contributed by atoms with Gasteiger partial charge in [-0.25, -0.2) is 4.79 Å². The summed E-state index contributed by atoms with van der Waals surface area (Å²) in [5.74, 6) is -0.979. The van der Waals surface area contributed by atoms with Gasteiger partial charge < -0.3 is 18.9 Å². The summed E-state index contributed by atoms with van der Waals surface area (Å²) in [6, 6.07) is 9.85. The maximum absolute atomic E-state index is 12.4. The molecule has 0 N–H and O–H groups in total. The molecule has 0 aliphatic heterocycles. The van der Waals surface area contributed by atoms with Crippen molar-refractivity contribution in [3.63, 3.8) is 0 Å². The molecule has 0 heterocycles. The van der Waals surface area contributed by atoms with Crippen LogP contribution in [-0.2, 0) is 4.74 Å². The fraction of sp³-hybridized carbons (Fsp3) is 0.222. The van der Waals surface area contributed by atoms with Crippen molar-refractivity contribution in [1.29, 1.82) is 0 Å². The lowest BCUT2D eigenvalue weighted by atomic mass is 10.1. The van der Waals surface area contributed by atoms with Crippen LogP contribution in [0.1, 0.15) is 20.7 Å². The first-order chi connectivity index (χ1) is 12.5. The van der Waals surface area contributed by atoms with Crippen molar-refractivity contribution in [2.45, 2.75) is 6.61 Å². The minimum Gasteiger partial charge on any atom is -0.493 e. The van der Waals surface area contributed by atoms with E-state index in [1.807, 2.05) is 0 Å². The Balaban J connectivity index is 2.07. The molecule has 0 spiro atoms. The number of alkyl halides is 2. The molecular formula is C18H16F2O6. The van der Waals surface area contributed by atoms with E-state index in [1.54, 1.807) is 6.07 Å². The molecule has 0 fully saturated rings. The monoisotopic (exact) mass is 366 g/mol. The number of ether oxygens (including phenoxy) is 4. The van der Waals surface area contributed by atoms with Gasteiger partial charge in [0.25, 0.3) is 0 Å². The van der Waals surface area contributed by atoms with Gasteiger partial charge in [-0.3, -0.25) is 4.79 Å². The summed E-state index contributed by atoms with van der Waals surface area (Å²) in [5.41, 5.74) is 0.0421. The Hall–Kier alpha value is -3.16. The molecule has 6 nitrogen and oxygen atoms in total. The second-order valence-corrected chi connectivity index (χ2v) is 4.94. The molecule has 0 aliphatic rings. The maximum atomic E-state index is 12.4. The molecule has 0 amide bonds. The van der Waals surface area contributed by atoms with Gasteiger partial charge in [-0.1, -0.05) is 12.1 Å². The lowest BCUT2D eigenvalue weighted by Crippen LogP contribution is -2.16. The first-order valence-electron chi connectivity index (χ1n) is 7.42. The zero-order chi connectivity index (χ0) is 19.1. The Morgan fingerprint density at radius 2 is 1.65 bits per heavy atom. The molecule has 138 valence electrons. The second kappa shape index (κ2) is 8.80. The van der Waals surface area contributed by atoms with Crippen LogP contribution in [0.4, 0.5) is 8.78 Å². The molecule has 0 bridgehead atoms.